The lowest BCUT2D eigenvalue weighted by Gasteiger charge is -2.14. The maximum Gasteiger partial charge on any atom is 0.136 e. The summed E-state index contributed by atoms with van der Waals surface area (Å²) in [6, 6.07) is 3.46. The summed E-state index contributed by atoms with van der Waals surface area (Å²) in [7, 11) is 0. The highest BCUT2D eigenvalue weighted by atomic mass is 32.1. The van der Waals surface area contributed by atoms with Gasteiger partial charge in [0.15, 0.2) is 0 Å². The van der Waals surface area contributed by atoms with Crippen LogP contribution in [0.4, 0.5) is 8.78 Å². The third-order valence-corrected chi connectivity index (χ3v) is 4.32. The van der Waals surface area contributed by atoms with Gasteiger partial charge in [0.05, 0.1) is 16.7 Å². The van der Waals surface area contributed by atoms with Crippen LogP contribution in [0.25, 0.3) is 10.6 Å². The number of rotatable bonds is 1. The van der Waals surface area contributed by atoms with Gasteiger partial charge in [-0.05, 0) is 31.4 Å². The zero-order valence-corrected chi connectivity index (χ0v) is 10.3. The van der Waals surface area contributed by atoms with Gasteiger partial charge in [-0.1, -0.05) is 0 Å². The number of aryl methyl sites for hydroxylation is 1. The third kappa shape index (κ3) is 1.93. The second-order valence-corrected chi connectivity index (χ2v) is 5.39. The van der Waals surface area contributed by atoms with E-state index in [1.807, 2.05) is 0 Å². The smallest absolute Gasteiger partial charge is 0.136 e. The maximum absolute atomic E-state index is 13.7. The van der Waals surface area contributed by atoms with Crippen molar-refractivity contribution < 1.29 is 13.9 Å². The first-order valence-electron chi connectivity index (χ1n) is 5.78. The second kappa shape index (κ2) is 4.40. The van der Waals surface area contributed by atoms with Crippen molar-refractivity contribution in [2.24, 2.45) is 0 Å². The summed E-state index contributed by atoms with van der Waals surface area (Å²) in [4.78, 5) is 5.18. The van der Waals surface area contributed by atoms with Crippen molar-refractivity contribution in [2.45, 2.75) is 25.4 Å². The number of aromatic nitrogens is 1. The normalized spacial score (nSPS) is 18.7. The molecule has 94 valence electrons. The SMILES string of the molecule is OC1CCCc2nc(-c3ccc(F)cc3F)sc21. The highest BCUT2D eigenvalue weighted by molar-refractivity contribution is 7.15. The van der Waals surface area contributed by atoms with Crippen molar-refractivity contribution in [1.82, 2.24) is 4.98 Å². The van der Waals surface area contributed by atoms with Gasteiger partial charge in [-0.15, -0.1) is 11.3 Å². The van der Waals surface area contributed by atoms with Crippen LogP contribution in [0.1, 0.15) is 29.5 Å². The zero-order chi connectivity index (χ0) is 12.7. The molecule has 0 bridgehead atoms. The Morgan fingerprint density at radius 2 is 2.17 bits per heavy atom. The number of nitrogens with zero attached hydrogens (tertiary/aromatic N) is 1. The molecule has 0 aliphatic heterocycles. The second-order valence-electron chi connectivity index (χ2n) is 4.36. The van der Waals surface area contributed by atoms with E-state index in [1.165, 1.54) is 23.5 Å². The van der Waals surface area contributed by atoms with E-state index in [9.17, 15) is 13.9 Å². The van der Waals surface area contributed by atoms with Gasteiger partial charge < -0.3 is 5.11 Å². The van der Waals surface area contributed by atoms with Gasteiger partial charge in [-0.3, -0.25) is 0 Å². The van der Waals surface area contributed by atoms with Gasteiger partial charge in [0, 0.05) is 11.6 Å². The fourth-order valence-electron chi connectivity index (χ4n) is 2.18. The van der Waals surface area contributed by atoms with Gasteiger partial charge in [-0.2, -0.15) is 0 Å². The van der Waals surface area contributed by atoms with E-state index in [2.05, 4.69) is 4.98 Å². The van der Waals surface area contributed by atoms with Crippen LogP contribution in [0, 0.1) is 11.6 Å². The van der Waals surface area contributed by atoms with Crippen LogP contribution in [0.5, 0.6) is 0 Å². The molecule has 0 saturated heterocycles. The first kappa shape index (κ1) is 11.7. The third-order valence-electron chi connectivity index (χ3n) is 3.08. The predicted molar refractivity (Wildman–Crippen MR) is 65.4 cm³/mol. The van der Waals surface area contributed by atoms with Crippen molar-refractivity contribution in [1.29, 1.82) is 0 Å². The zero-order valence-electron chi connectivity index (χ0n) is 9.49. The lowest BCUT2D eigenvalue weighted by atomic mass is 10.0. The number of aliphatic hydroxyl groups excluding tert-OH is 1. The summed E-state index contributed by atoms with van der Waals surface area (Å²) in [5.74, 6) is -1.21. The first-order chi connectivity index (χ1) is 8.65. The van der Waals surface area contributed by atoms with Crippen LogP contribution in [0.3, 0.4) is 0 Å². The molecular weight excluding hydrogens is 256 g/mol. The quantitative estimate of drug-likeness (QED) is 0.858. The molecule has 0 radical (unpaired) electrons. The molecule has 0 fully saturated rings. The van der Waals surface area contributed by atoms with Crippen molar-refractivity contribution in [3.63, 3.8) is 0 Å². The first-order valence-corrected chi connectivity index (χ1v) is 6.60. The molecule has 1 N–H and O–H groups in total. The summed E-state index contributed by atoms with van der Waals surface area (Å²) in [6.07, 6.45) is 1.93. The number of halogens is 2. The number of thiazole rings is 1. The van der Waals surface area contributed by atoms with Crippen molar-refractivity contribution in [3.05, 3.63) is 40.4 Å². The molecular formula is C13H11F2NOS. The molecule has 1 aliphatic rings. The lowest BCUT2D eigenvalue weighted by Crippen LogP contribution is -2.06. The Balaban J connectivity index is 2.07. The standard InChI is InChI=1S/C13H11F2NOS/c14-7-4-5-8(9(15)6-7)13-16-10-2-1-3-11(17)12(10)18-13/h4-6,11,17H,1-3H2. The van der Waals surface area contributed by atoms with Crippen molar-refractivity contribution in [2.75, 3.05) is 0 Å². The van der Waals surface area contributed by atoms with Gasteiger partial charge in [0.2, 0.25) is 0 Å². The molecule has 0 spiro atoms. The van der Waals surface area contributed by atoms with Crippen molar-refractivity contribution in [3.8, 4) is 10.6 Å². The minimum atomic E-state index is -0.615. The Bertz CT molecular complexity index is 597. The van der Waals surface area contributed by atoms with Crippen molar-refractivity contribution >= 4 is 11.3 Å². The molecule has 2 nitrogen and oxygen atoms in total. The molecule has 1 aliphatic carbocycles. The molecule has 0 amide bonds. The Labute approximate surface area is 107 Å². The van der Waals surface area contributed by atoms with E-state index in [4.69, 9.17) is 0 Å². The van der Waals surface area contributed by atoms with E-state index in [0.29, 0.717) is 10.6 Å². The van der Waals surface area contributed by atoms with Crippen LogP contribution in [-0.2, 0) is 6.42 Å². The fourth-order valence-corrected chi connectivity index (χ4v) is 3.33. The number of hydrogen-bond acceptors (Lipinski definition) is 3. The monoisotopic (exact) mass is 267 g/mol. The molecule has 1 heterocycles. The Hall–Kier alpha value is -1.33. The van der Waals surface area contributed by atoms with Crippen LogP contribution < -0.4 is 0 Å². The molecule has 1 atom stereocenters. The van der Waals surface area contributed by atoms with E-state index in [-0.39, 0.29) is 0 Å². The average molecular weight is 267 g/mol. The highest BCUT2D eigenvalue weighted by Gasteiger charge is 2.24. The lowest BCUT2D eigenvalue weighted by molar-refractivity contribution is 0.160. The number of fused-ring (bicyclic) bond motifs is 1. The summed E-state index contributed by atoms with van der Waals surface area (Å²) < 4.78 is 26.5. The Morgan fingerprint density at radius 3 is 2.89 bits per heavy atom. The topological polar surface area (TPSA) is 33.1 Å². The molecule has 1 aromatic carbocycles. The van der Waals surface area contributed by atoms with Crippen LogP contribution >= 0.6 is 11.3 Å². The maximum atomic E-state index is 13.7. The summed E-state index contributed by atoms with van der Waals surface area (Å²) in [5, 5.41) is 10.4. The fraction of sp³-hybridized carbons (Fsp3) is 0.308. The van der Waals surface area contributed by atoms with Gasteiger partial charge in [-0.25, -0.2) is 13.8 Å². The molecule has 1 unspecified atom stereocenters. The Kier molecular flexibility index (Phi) is 2.87. The van der Waals surface area contributed by atoms with Crippen LogP contribution in [0.2, 0.25) is 0 Å². The molecule has 18 heavy (non-hydrogen) atoms. The average Bonchev–Trinajstić information content (AvgIpc) is 2.74. The van der Waals surface area contributed by atoms with Crippen LogP contribution in [-0.4, -0.2) is 10.1 Å². The minimum Gasteiger partial charge on any atom is -0.388 e. The number of aliphatic hydroxyl groups is 1. The highest BCUT2D eigenvalue weighted by Crippen LogP contribution is 2.38. The van der Waals surface area contributed by atoms with Crippen LogP contribution in [0.15, 0.2) is 18.2 Å². The van der Waals surface area contributed by atoms with E-state index >= 15 is 0 Å². The van der Waals surface area contributed by atoms with Gasteiger partial charge in [0.1, 0.15) is 16.6 Å². The van der Waals surface area contributed by atoms with Gasteiger partial charge >= 0.3 is 0 Å². The van der Waals surface area contributed by atoms with Gasteiger partial charge in [0.25, 0.3) is 0 Å². The number of hydrogen-bond donors (Lipinski definition) is 1. The largest absolute Gasteiger partial charge is 0.388 e. The van der Waals surface area contributed by atoms with E-state index < -0.39 is 17.7 Å². The summed E-state index contributed by atoms with van der Waals surface area (Å²) in [5.41, 5.74) is 1.14. The summed E-state index contributed by atoms with van der Waals surface area (Å²) in [6.45, 7) is 0. The Morgan fingerprint density at radius 1 is 1.33 bits per heavy atom. The minimum absolute atomic E-state index is 0.294. The number of benzene rings is 1. The van der Waals surface area contributed by atoms with E-state index in [0.717, 1.165) is 35.9 Å². The van der Waals surface area contributed by atoms with E-state index in [1.54, 1.807) is 0 Å². The summed E-state index contributed by atoms with van der Waals surface area (Å²) >= 11 is 1.29. The molecule has 2 aromatic rings. The molecule has 1 aromatic heterocycles. The predicted octanol–water partition coefficient (Wildman–Crippen LogP) is 3.46. The molecule has 3 rings (SSSR count). The molecule has 0 saturated carbocycles. The molecule has 5 heteroatoms.